The normalized spacial score (nSPS) is 9.79. The number of nitrogens with two attached hydrogens (primary N) is 2. The van der Waals surface area contributed by atoms with Crippen LogP contribution in [0.25, 0.3) is 0 Å². The van der Waals surface area contributed by atoms with Gasteiger partial charge in [-0.2, -0.15) is 0 Å². The molecule has 14 heavy (non-hydrogen) atoms. The van der Waals surface area contributed by atoms with Gasteiger partial charge in [0.05, 0.1) is 10.5 Å². The number of amides is 1. The first-order chi connectivity index (χ1) is 6.43. The Morgan fingerprint density at radius 1 is 1.50 bits per heavy atom. The first-order valence-corrected chi connectivity index (χ1v) is 3.84. The number of nitrogen functional groups attached to an aromatic ring is 1. The molecule has 0 bridgehead atoms. The maximum atomic E-state index is 10.8. The van der Waals surface area contributed by atoms with Crippen molar-refractivity contribution >= 4 is 28.9 Å². The molecule has 0 aliphatic heterocycles. The fourth-order valence-corrected chi connectivity index (χ4v) is 1.17. The zero-order valence-electron chi connectivity index (χ0n) is 6.86. The van der Waals surface area contributed by atoms with Gasteiger partial charge in [0.25, 0.3) is 11.6 Å². The van der Waals surface area contributed by atoms with Crippen LogP contribution in [-0.4, -0.2) is 10.8 Å². The molecule has 0 unspecified atom stereocenters. The number of nitrogens with zero attached hydrogens (tertiary/aromatic N) is 1. The number of carbonyl (C=O) groups is 1. The van der Waals surface area contributed by atoms with Gasteiger partial charge in [-0.3, -0.25) is 14.9 Å². The Morgan fingerprint density at radius 2 is 2.07 bits per heavy atom. The van der Waals surface area contributed by atoms with E-state index in [1.807, 2.05) is 0 Å². The molecule has 1 aromatic rings. The number of benzene rings is 1. The number of hydrogen-bond acceptors (Lipinski definition) is 4. The molecule has 1 rings (SSSR count). The van der Waals surface area contributed by atoms with E-state index < -0.39 is 16.5 Å². The third-order valence-electron chi connectivity index (χ3n) is 1.58. The summed E-state index contributed by atoms with van der Waals surface area (Å²) in [6.45, 7) is 0. The maximum absolute atomic E-state index is 10.8. The smallest absolute Gasteiger partial charge is 0.288 e. The lowest BCUT2D eigenvalue weighted by molar-refractivity contribution is -0.384. The van der Waals surface area contributed by atoms with Gasteiger partial charge in [-0.25, -0.2) is 0 Å². The van der Waals surface area contributed by atoms with Gasteiger partial charge in [-0.1, -0.05) is 11.6 Å². The molecule has 0 spiro atoms. The first-order valence-electron chi connectivity index (χ1n) is 3.46. The van der Waals surface area contributed by atoms with Crippen LogP contribution in [0.4, 0.5) is 11.4 Å². The van der Waals surface area contributed by atoms with Gasteiger partial charge in [-0.05, 0) is 6.07 Å². The molecule has 0 atom stereocenters. The second-order valence-corrected chi connectivity index (χ2v) is 2.92. The standard InChI is InChI=1S/C7H6ClN3O3/c8-4-2-5(9)3(7(10)12)1-6(4)11(13)14/h1-2H,9H2,(H2,10,12). The third kappa shape index (κ3) is 1.74. The lowest BCUT2D eigenvalue weighted by atomic mass is 10.1. The lowest BCUT2D eigenvalue weighted by Gasteiger charge is -2.02. The van der Waals surface area contributed by atoms with Gasteiger partial charge in [0.1, 0.15) is 5.02 Å². The Balaban J connectivity index is 3.42. The van der Waals surface area contributed by atoms with Gasteiger partial charge in [0.2, 0.25) is 0 Å². The van der Waals surface area contributed by atoms with E-state index in [4.69, 9.17) is 23.1 Å². The molecule has 1 amide bonds. The summed E-state index contributed by atoms with van der Waals surface area (Å²) in [5.74, 6) is -0.831. The molecular weight excluding hydrogens is 210 g/mol. The molecule has 7 heteroatoms. The Hall–Kier alpha value is -1.82. The molecule has 0 aliphatic carbocycles. The van der Waals surface area contributed by atoms with Crippen LogP contribution in [0.2, 0.25) is 5.02 Å². The molecule has 0 aliphatic rings. The van der Waals surface area contributed by atoms with Crippen molar-refractivity contribution in [3.63, 3.8) is 0 Å². The highest BCUT2D eigenvalue weighted by Crippen LogP contribution is 2.28. The monoisotopic (exact) mass is 215 g/mol. The summed E-state index contributed by atoms with van der Waals surface area (Å²) in [7, 11) is 0. The second kappa shape index (κ2) is 3.51. The van der Waals surface area contributed by atoms with E-state index in [0.717, 1.165) is 12.1 Å². The van der Waals surface area contributed by atoms with Crippen molar-refractivity contribution in [3.05, 3.63) is 32.8 Å². The van der Waals surface area contributed by atoms with Crippen molar-refractivity contribution in [2.75, 3.05) is 5.73 Å². The number of anilines is 1. The number of hydrogen-bond donors (Lipinski definition) is 2. The Morgan fingerprint density at radius 3 is 2.50 bits per heavy atom. The van der Waals surface area contributed by atoms with Crippen LogP contribution in [0.5, 0.6) is 0 Å². The minimum atomic E-state index is -0.831. The SMILES string of the molecule is NC(=O)c1cc([N+](=O)[O-])c(Cl)cc1N. The van der Waals surface area contributed by atoms with E-state index in [-0.39, 0.29) is 16.3 Å². The quantitative estimate of drug-likeness (QED) is 0.434. The molecule has 0 fully saturated rings. The molecule has 0 saturated carbocycles. The molecule has 74 valence electrons. The minimum absolute atomic E-state index is 0.0214. The highest BCUT2D eigenvalue weighted by atomic mass is 35.5. The minimum Gasteiger partial charge on any atom is -0.398 e. The summed E-state index contributed by atoms with van der Waals surface area (Å²) in [5, 5.41) is 10.3. The van der Waals surface area contributed by atoms with Crippen LogP contribution in [0.1, 0.15) is 10.4 Å². The average molecular weight is 216 g/mol. The molecular formula is C7H6ClN3O3. The summed E-state index contributed by atoms with van der Waals surface area (Å²) in [5.41, 5.74) is 9.85. The molecule has 0 radical (unpaired) electrons. The second-order valence-electron chi connectivity index (χ2n) is 2.51. The molecule has 0 heterocycles. The number of nitro benzene ring substituents is 1. The molecule has 1 aromatic carbocycles. The van der Waals surface area contributed by atoms with Gasteiger partial charge < -0.3 is 11.5 Å². The largest absolute Gasteiger partial charge is 0.398 e. The predicted octanol–water partition coefficient (Wildman–Crippen LogP) is 0.929. The topological polar surface area (TPSA) is 112 Å². The fourth-order valence-electron chi connectivity index (χ4n) is 0.931. The first kappa shape index (κ1) is 10.3. The van der Waals surface area contributed by atoms with Crippen LogP contribution in [0, 0.1) is 10.1 Å². The third-order valence-corrected chi connectivity index (χ3v) is 1.88. The van der Waals surface area contributed by atoms with Crippen molar-refractivity contribution in [2.45, 2.75) is 0 Å². The van der Waals surface area contributed by atoms with Crippen molar-refractivity contribution in [2.24, 2.45) is 5.73 Å². The van der Waals surface area contributed by atoms with Crippen molar-refractivity contribution < 1.29 is 9.72 Å². The van der Waals surface area contributed by atoms with Gasteiger partial charge in [0, 0.05) is 11.8 Å². The number of nitro groups is 1. The molecule has 4 N–H and O–H groups in total. The summed E-state index contributed by atoms with van der Waals surface area (Å²) in [6.07, 6.45) is 0. The van der Waals surface area contributed by atoms with Crippen molar-refractivity contribution in [1.82, 2.24) is 0 Å². The summed E-state index contributed by atoms with van der Waals surface area (Å²) < 4.78 is 0. The summed E-state index contributed by atoms with van der Waals surface area (Å²) in [6, 6.07) is 2.08. The van der Waals surface area contributed by atoms with Gasteiger partial charge in [0.15, 0.2) is 0 Å². The van der Waals surface area contributed by atoms with Crippen LogP contribution in [0.3, 0.4) is 0 Å². The average Bonchev–Trinajstić information content (AvgIpc) is 2.02. The van der Waals surface area contributed by atoms with Crippen molar-refractivity contribution in [3.8, 4) is 0 Å². The number of primary amides is 1. The van der Waals surface area contributed by atoms with E-state index in [1.165, 1.54) is 0 Å². The van der Waals surface area contributed by atoms with Gasteiger partial charge >= 0.3 is 0 Å². The maximum Gasteiger partial charge on any atom is 0.288 e. The van der Waals surface area contributed by atoms with Crippen LogP contribution in [0.15, 0.2) is 12.1 Å². The number of carbonyl (C=O) groups excluding carboxylic acids is 1. The zero-order chi connectivity index (χ0) is 10.9. The van der Waals surface area contributed by atoms with E-state index in [1.54, 1.807) is 0 Å². The number of halogens is 1. The lowest BCUT2D eigenvalue weighted by Crippen LogP contribution is -2.13. The molecule has 0 aromatic heterocycles. The highest BCUT2D eigenvalue weighted by Gasteiger charge is 2.17. The highest BCUT2D eigenvalue weighted by molar-refractivity contribution is 6.33. The van der Waals surface area contributed by atoms with E-state index in [2.05, 4.69) is 0 Å². The molecule has 6 nitrogen and oxygen atoms in total. The fraction of sp³-hybridized carbons (Fsp3) is 0. The Kier molecular flexibility index (Phi) is 2.57. The van der Waals surface area contributed by atoms with Gasteiger partial charge in [-0.15, -0.1) is 0 Å². The summed E-state index contributed by atoms with van der Waals surface area (Å²) in [4.78, 5) is 20.5. The Bertz CT molecular complexity index is 384. The van der Waals surface area contributed by atoms with Crippen molar-refractivity contribution in [1.29, 1.82) is 0 Å². The van der Waals surface area contributed by atoms with Crippen LogP contribution in [-0.2, 0) is 0 Å². The zero-order valence-corrected chi connectivity index (χ0v) is 7.62. The van der Waals surface area contributed by atoms with Crippen LogP contribution < -0.4 is 11.5 Å². The Labute approximate surface area is 83.6 Å². The predicted molar refractivity (Wildman–Crippen MR) is 51.0 cm³/mol. The van der Waals surface area contributed by atoms with E-state index >= 15 is 0 Å². The van der Waals surface area contributed by atoms with E-state index in [0.29, 0.717) is 0 Å². The molecule has 0 saturated heterocycles. The number of rotatable bonds is 2. The summed E-state index contributed by atoms with van der Waals surface area (Å²) >= 11 is 5.53. The van der Waals surface area contributed by atoms with Crippen LogP contribution >= 0.6 is 11.6 Å². The van der Waals surface area contributed by atoms with E-state index in [9.17, 15) is 14.9 Å².